The van der Waals surface area contributed by atoms with Crippen molar-refractivity contribution < 1.29 is 9.53 Å². The second kappa shape index (κ2) is 8.45. The van der Waals surface area contributed by atoms with Crippen LogP contribution in [0, 0.1) is 11.3 Å². The number of carbonyl (C=O) groups is 1. The van der Waals surface area contributed by atoms with Crippen molar-refractivity contribution >= 4 is 12.2 Å². The molecule has 0 saturated carbocycles. The molecule has 1 aliphatic rings. The fourth-order valence-electron chi connectivity index (χ4n) is 3.66. The van der Waals surface area contributed by atoms with Crippen LogP contribution < -0.4 is 5.32 Å². The molecule has 0 spiro atoms. The molecule has 0 unspecified atom stereocenters. The normalized spacial score (nSPS) is 12.2. The molecule has 4 heteroatoms. The summed E-state index contributed by atoms with van der Waals surface area (Å²) >= 11 is 0. The third-order valence-corrected chi connectivity index (χ3v) is 5.06. The largest absolute Gasteiger partial charge is 0.449 e. The number of fused-ring (bicyclic) bond motifs is 3. The van der Waals surface area contributed by atoms with Crippen LogP contribution in [0.4, 0.5) is 4.79 Å². The van der Waals surface area contributed by atoms with Crippen molar-refractivity contribution in [2.45, 2.75) is 5.92 Å². The average molecular weight is 380 g/mol. The second-order valence-corrected chi connectivity index (χ2v) is 6.84. The highest BCUT2D eigenvalue weighted by atomic mass is 16.5. The lowest BCUT2D eigenvalue weighted by Crippen LogP contribution is -2.26. The van der Waals surface area contributed by atoms with Gasteiger partial charge < -0.3 is 10.1 Å². The van der Waals surface area contributed by atoms with E-state index in [1.807, 2.05) is 48.6 Å². The summed E-state index contributed by atoms with van der Waals surface area (Å²) in [6.45, 7) is 0.676. The highest BCUT2D eigenvalue weighted by molar-refractivity contribution is 5.79. The van der Waals surface area contributed by atoms with Crippen LogP contribution in [0.2, 0.25) is 0 Å². The third-order valence-electron chi connectivity index (χ3n) is 5.06. The summed E-state index contributed by atoms with van der Waals surface area (Å²) in [5.41, 5.74) is 6.41. The maximum Gasteiger partial charge on any atom is 0.407 e. The zero-order valence-corrected chi connectivity index (χ0v) is 15.8. The quantitative estimate of drug-likeness (QED) is 0.669. The Labute approximate surface area is 170 Å². The van der Waals surface area contributed by atoms with Crippen molar-refractivity contribution in [2.24, 2.45) is 0 Å². The van der Waals surface area contributed by atoms with E-state index in [4.69, 9.17) is 10.00 Å². The van der Waals surface area contributed by atoms with Crippen LogP contribution in [-0.4, -0.2) is 19.2 Å². The molecule has 0 heterocycles. The molecule has 29 heavy (non-hydrogen) atoms. The monoisotopic (exact) mass is 380 g/mol. The zero-order valence-electron chi connectivity index (χ0n) is 15.8. The lowest BCUT2D eigenvalue weighted by atomic mass is 9.98. The summed E-state index contributed by atoms with van der Waals surface area (Å²) in [6.07, 6.45) is 3.31. The van der Waals surface area contributed by atoms with E-state index in [2.05, 4.69) is 35.7 Å². The maximum atomic E-state index is 12.1. The van der Waals surface area contributed by atoms with Gasteiger partial charge in [-0.05, 0) is 39.9 Å². The molecule has 0 aliphatic heterocycles. The van der Waals surface area contributed by atoms with Gasteiger partial charge in [0.1, 0.15) is 6.61 Å². The molecule has 0 bridgehead atoms. The van der Waals surface area contributed by atoms with Crippen molar-refractivity contribution in [3.8, 4) is 17.2 Å². The van der Waals surface area contributed by atoms with Gasteiger partial charge in [0, 0.05) is 12.5 Å². The van der Waals surface area contributed by atoms with Gasteiger partial charge in [-0.15, -0.1) is 0 Å². The second-order valence-electron chi connectivity index (χ2n) is 6.84. The van der Waals surface area contributed by atoms with Crippen LogP contribution in [0.3, 0.4) is 0 Å². The van der Waals surface area contributed by atoms with Gasteiger partial charge >= 0.3 is 6.09 Å². The Balaban J connectivity index is 1.32. The fourth-order valence-corrected chi connectivity index (χ4v) is 3.66. The molecule has 1 N–H and O–H groups in total. The number of rotatable bonds is 5. The summed E-state index contributed by atoms with van der Waals surface area (Å²) in [5.74, 6) is 0.0577. The van der Waals surface area contributed by atoms with Gasteiger partial charge in [0.05, 0.1) is 11.6 Å². The Kier molecular flexibility index (Phi) is 5.40. The van der Waals surface area contributed by atoms with Gasteiger partial charge in [-0.3, -0.25) is 0 Å². The predicted octanol–water partition coefficient (Wildman–Crippen LogP) is 5.11. The molecule has 1 amide bonds. The van der Waals surface area contributed by atoms with E-state index < -0.39 is 6.09 Å². The number of benzene rings is 3. The van der Waals surface area contributed by atoms with E-state index in [1.165, 1.54) is 22.3 Å². The van der Waals surface area contributed by atoms with Crippen LogP contribution >= 0.6 is 0 Å². The van der Waals surface area contributed by atoms with Crippen LogP contribution in [0.1, 0.15) is 28.2 Å². The molecule has 142 valence electrons. The van der Waals surface area contributed by atoms with E-state index in [0.29, 0.717) is 18.7 Å². The van der Waals surface area contributed by atoms with Crippen LogP contribution in [0.25, 0.3) is 17.2 Å². The SMILES string of the molecule is N#Cc1ccc(C=CCNC(=O)OCC2c3ccccc3-c3ccccc32)cc1. The van der Waals surface area contributed by atoms with Crippen molar-refractivity contribution in [3.63, 3.8) is 0 Å². The maximum absolute atomic E-state index is 12.1. The Bertz CT molecular complexity index is 1050. The molecule has 0 saturated heterocycles. The summed E-state index contributed by atoms with van der Waals surface area (Å²) in [4.78, 5) is 12.1. The minimum atomic E-state index is -0.434. The number of nitrogens with one attached hydrogen (secondary N) is 1. The number of hydrogen-bond donors (Lipinski definition) is 1. The van der Waals surface area contributed by atoms with E-state index >= 15 is 0 Å². The summed E-state index contributed by atoms with van der Waals surface area (Å²) in [6, 6.07) is 25.9. The lowest BCUT2D eigenvalue weighted by molar-refractivity contribution is 0.144. The van der Waals surface area contributed by atoms with E-state index in [1.54, 1.807) is 12.1 Å². The zero-order chi connectivity index (χ0) is 20.1. The van der Waals surface area contributed by atoms with Gasteiger partial charge in [-0.1, -0.05) is 72.8 Å². The number of hydrogen-bond acceptors (Lipinski definition) is 3. The Morgan fingerprint density at radius 1 is 0.966 bits per heavy atom. The smallest absolute Gasteiger partial charge is 0.407 e. The topological polar surface area (TPSA) is 62.1 Å². The first-order valence-electron chi connectivity index (χ1n) is 9.52. The standard InChI is InChI=1S/C25H20N2O2/c26-16-19-13-11-18(12-14-19)6-5-15-27-25(28)29-17-24-22-9-3-1-7-20(22)21-8-2-4-10-23(21)24/h1-14,24H,15,17H2,(H,27,28). The lowest BCUT2D eigenvalue weighted by Gasteiger charge is -2.14. The first-order valence-corrected chi connectivity index (χ1v) is 9.52. The molecule has 4 rings (SSSR count). The molecule has 0 radical (unpaired) electrons. The number of amides is 1. The molecule has 0 atom stereocenters. The molecular formula is C25H20N2O2. The molecule has 1 aliphatic carbocycles. The number of nitriles is 1. The number of carbonyl (C=O) groups excluding carboxylic acids is 1. The summed E-state index contributed by atoms with van der Waals surface area (Å²) in [7, 11) is 0. The van der Waals surface area contributed by atoms with Crippen LogP contribution in [-0.2, 0) is 4.74 Å². The molecule has 0 aromatic heterocycles. The van der Waals surface area contributed by atoms with E-state index in [0.717, 1.165) is 5.56 Å². The number of ether oxygens (including phenoxy) is 1. The van der Waals surface area contributed by atoms with Crippen LogP contribution in [0.15, 0.2) is 78.9 Å². The van der Waals surface area contributed by atoms with Crippen molar-refractivity contribution in [3.05, 3.63) is 101 Å². The van der Waals surface area contributed by atoms with Gasteiger partial charge in [0.2, 0.25) is 0 Å². The van der Waals surface area contributed by atoms with Gasteiger partial charge in [0.15, 0.2) is 0 Å². The molecule has 4 nitrogen and oxygen atoms in total. The van der Waals surface area contributed by atoms with Crippen molar-refractivity contribution in [1.82, 2.24) is 5.32 Å². The molecule has 3 aromatic carbocycles. The van der Waals surface area contributed by atoms with E-state index in [9.17, 15) is 4.79 Å². The predicted molar refractivity (Wildman–Crippen MR) is 113 cm³/mol. The highest BCUT2D eigenvalue weighted by Gasteiger charge is 2.28. The van der Waals surface area contributed by atoms with Gasteiger partial charge in [0.25, 0.3) is 0 Å². The average Bonchev–Trinajstić information content (AvgIpc) is 3.09. The number of alkyl carbamates (subject to hydrolysis) is 1. The molecule has 0 fully saturated rings. The van der Waals surface area contributed by atoms with Gasteiger partial charge in [-0.2, -0.15) is 5.26 Å². The van der Waals surface area contributed by atoms with Crippen molar-refractivity contribution in [2.75, 3.05) is 13.2 Å². The Hall–Kier alpha value is -3.84. The third kappa shape index (κ3) is 4.04. The Morgan fingerprint density at radius 2 is 1.59 bits per heavy atom. The minimum absolute atomic E-state index is 0.0577. The fraction of sp³-hybridized carbons (Fsp3) is 0.120. The molecular weight excluding hydrogens is 360 g/mol. The molecule has 3 aromatic rings. The highest BCUT2D eigenvalue weighted by Crippen LogP contribution is 2.44. The first kappa shape index (κ1) is 18.5. The summed E-state index contributed by atoms with van der Waals surface area (Å²) < 4.78 is 5.50. The minimum Gasteiger partial charge on any atom is -0.449 e. The first-order chi connectivity index (χ1) is 14.3. The summed E-state index contributed by atoms with van der Waals surface area (Å²) in [5, 5.41) is 11.6. The van der Waals surface area contributed by atoms with Crippen LogP contribution in [0.5, 0.6) is 0 Å². The van der Waals surface area contributed by atoms with Gasteiger partial charge in [-0.25, -0.2) is 4.79 Å². The van der Waals surface area contributed by atoms with E-state index in [-0.39, 0.29) is 5.92 Å². The van der Waals surface area contributed by atoms with Crippen molar-refractivity contribution in [1.29, 1.82) is 5.26 Å². The number of nitrogens with zero attached hydrogens (tertiary/aromatic N) is 1. The Morgan fingerprint density at radius 3 is 2.21 bits per heavy atom.